The van der Waals surface area contributed by atoms with Gasteiger partial charge in [-0.15, -0.1) is 0 Å². The van der Waals surface area contributed by atoms with Gasteiger partial charge in [0.15, 0.2) is 0 Å². The lowest BCUT2D eigenvalue weighted by Gasteiger charge is -2.15. The molecule has 3 rings (SSSR count). The van der Waals surface area contributed by atoms with Crippen LogP contribution in [0.4, 0.5) is 0 Å². The molecule has 0 amide bonds. The van der Waals surface area contributed by atoms with E-state index in [-0.39, 0.29) is 5.92 Å². The summed E-state index contributed by atoms with van der Waals surface area (Å²) in [6.45, 7) is 2.32. The van der Waals surface area contributed by atoms with Gasteiger partial charge in [-0.25, -0.2) is 4.68 Å². The van der Waals surface area contributed by atoms with Gasteiger partial charge in [0.25, 0.3) is 0 Å². The van der Waals surface area contributed by atoms with Gasteiger partial charge in [-0.05, 0) is 36.7 Å². The zero-order chi connectivity index (χ0) is 13.9. The minimum atomic E-state index is -0.679. The minimum Gasteiger partial charge on any atom is -0.481 e. The summed E-state index contributed by atoms with van der Waals surface area (Å²) in [6, 6.07) is 10.1. The molecule has 5 nitrogen and oxygen atoms in total. The van der Waals surface area contributed by atoms with Gasteiger partial charge < -0.3 is 5.11 Å². The average molecular weight is 271 g/mol. The first-order valence-corrected chi connectivity index (χ1v) is 6.76. The van der Waals surface area contributed by atoms with Gasteiger partial charge in [0.1, 0.15) is 0 Å². The molecule has 1 aromatic carbocycles. The van der Waals surface area contributed by atoms with Gasteiger partial charge in [0, 0.05) is 25.5 Å². The molecule has 0 radical (unpaired) electrons. The van der Waals surface area contributed by atoms with Crippen LogP contribution in [0.25, 0.3) is 5.69 Å². The number of rotatable bonds is 4. The van der Waals surface area contributed by atoms with Crippen molar-refractivity contribution in [2.24, 2.45) is 5.92 Å². The van der Waals surface area contributed by atoms with Gasteiger partial charge in [0.2, 0.25) is 0 Å². The van der Waals surface area contributed by atoms with E-state index >= 15 is 0 Å². The first-order valence-electron chi connectivity index (χ1n) is 6.76. The number of carboxylic acid groups (broad SMARTS) is 1. The normalized spacial score (nSPS) is 19.3. The van der Waals surface area contributed by atoms with Crippen LogP contribution in [0.5, 0.6) is 0 Å². The quantitative estimate of drug-likeness (QED) is 0.921. The number of aliphatic carboxylic acids is 1. The van der Waals surface area contributed by atoms with Crippen molar-refractivity contribution in [3.05, 3.63) is 48.3 Å². The van der Waals surface area contributed by atoms with Crippen LogP contribution in [0.1, 0.15) is 12.0 Å². The third-order valence-electron chi connectivity index (χ3n) is 3.73. The first-order chi connectivity index (χ1) is 9.72. The van der Waals surface area contributed by atoms with Gasteiger partial charge in [-0.2, -0.15) is 5.10 Å². The van der Waals surface area contributed by atoms with Gasteiger partial charge in [-0.1, -0.05) is 12.1 Å². The van der Waals surface area contributed by atoms with Crippen molar-refractivity contribution in [1.82, 2.24) is 14.7 Å². The van der Waals surface area contributed by atoms with Crippen LogP contribution in [0.3, 0.4) is 0 Å². The van der Waals surface area contributed by atoms with E-state index in [9.17, 15) is 4.79 Å². The molecule has 104 valence electrons. The molecule has 2 aromatic rings. The van der Waals surface area contributed by atoms with Crippen LogP contribution in [-0.2, 0) is 11.3 Å². The second kappa shape index (κ2) is 5.46. The van der Waals surface area contributed by atoms with E-state index in [1.165, 1.54) is 5.56 Å². The van der Waals surface area contributed by atoms with E-state index in [1.807, 2.05) is 29.1 Å². The Morgan fingerprint density at radius 3 is 2.75 bits per heavy atom. The number of aromatic nitrogens is 2. The standard InChI is InChI=1S/C15H17N3O2/c19-15(20)13-6-9-17(11-13)10-12-2-4-14(5-3-12)18-8-1-7-16-18/h1-5,7-8,13H,6,9-11H2,(H,19,20). The summed E-state index contributed by atoms with van der Waals surface area (Å²) in [5, 5.41) is 13.2. The van der Waals surface area contributed by atoms with Crippen LogP contribution >= 0.6 is 0 Å². The second-order valence-electron chi connectivity index (χ2n) is 5.18. The van der Waals surface area contributed by atoms with E-state index in [1.54, 1.807) is 6.20 Å². The maximum Gasteiger partial charge on any atom is 0.307 e. The molecular formula is C15H17N3O2. The molecule has 0 aliphatic carbocycles. The second-order valence-corrected chi connectivity index (χ2v) is 5.18. The van der Waals surface area contributed by atoms with Crippen LogP contribution in [-0.4, -0.2) is 38.8 Å². The lowest BCUT2D eigenvalue weighted by Crippen LogP contribution is -2.22. The maximum absolute atomic E-state index is 10.9. The highest BCUT2D eigenvalue weighted by Crippen LogP contribution is 2.19. The summed E-state index contributed by atoms with van der Waals surface area (Å²) in [5.41, 5.74) is 2.23. The SMILES string of the molecule is O=C(O)C1CCN(Cc2ccc(-n3cccn3)cc2)C1. The summed E-state index contributed by atoms with van der Waals surface area (Å²) in [6.07, 6.45) is 4.41. The van der Waals surface area contributed by atoms with E-state index < -0.39 is 5.97 Å². The predicted octanol–water partition coefficient (Wildman–Crippen LogP) is 1.78. The highest BCUT2D eigenvalue weighted by atomic mass is 16.4. The summed E-state index contributed by atoms with van der Waals surface area (Å²) in [4.78, 5) is 13.1. The van der Waals surface area contributed by atoms with E-state index in [4.69, 9.17) is 5.11 Å². The molecule has 0 bridgehead atoms. The third kappa shape index (κ3) is 2.72. The number of likely N-dealkylation sites (tertiary alicyclic amines) is 1. The molecule has 1 aliphatic rings. The molecule has 1 aliphatic heterocycles. The summed E-state index contributed by atoms with van der Waals surface area (Å²) >= 11 is 0. The van der Waals surface area contributed by atoms with Gasteiger partial charge >= 0.3 is 5.97 Å². The summed E-state index contributed by atoms with van der Waals surface area (Å²) < 4.78 is 1.82. The Morgan fingerprint density at radius 2 is 2.15 bits per heavy atom. The van der Waals surface area contributed by atoms with Gasteiger partial charge in [-0.3, -0.25) is 9.69 Å². The van der Waals surface area contributed by atoms with Crippen molar-refractivity contribution < 1.29 is 9.90 Å². The zero-order valence-corrected chi connectivity index (χ0v) is 11.1. The first kappa shape index (κ1) is 12.9. The monoisotopic (exact) mass is 271 g/mol. The number of carboxylic acids is 1. The number of carbonyl (C=O) groups is 1. The maximum atomic E-state index is 10.9. The van der Waals surface area contributed by atoms with Gasteiger partial charge in [0.05, 0.1) is 11.6 Å². The summed E-state index contributed by atoms with van der Waals surface area (Å²) in [5.74, 6) is -0.889. The fourth-order valence-electron chi connectivity index (χ4n) is 2.61. The van der Waals surface area contributed by atoms with Crippen molar-refractivity contribution >= 4 is 5.97 Å². The van der Waals surface area contributed by atoms with Crippen molar-refractivity contribution in [3.8, 4) is 5.69 Å². The Labute approximate surface area is 117 Å². The molecule has 0 saturated carbocycles. The largest absolute Gasteiger partial charge is 0.481 e. The van der Waals surface area contributed by atoms with E-state index in [2.05, 4.69) is 22.1 Å². The number of benzene rings is 1. The average Bonchev–Trinajstić information content (AvgIpc) is 3.10. The highest BCUT2D eigenvalue weighted by molar-refractivity contribution is 5.70. The molecule has 20 heavy (non-hydrogen) atoms. The molecular weight excluding hydrogens is 254 g/mol. The Kier molecular flexibility index (Phi) is 3.52. The smallest absolute Gasteiger partial charge is 0.307 e. The fraction of sp³-hybridized carbons (Fsp3) is 0.333. The zero-order valence-electron chi connectivity index (χ0n) is 11.1. The Bertz CT molecular complexity index is 578. The number of hydrogen-bond donors (Lipinski definition) is 1. The molecule has 0 spiro atoms. The minimum absolute atomic E-state index is 0.210. The van der Waals surface area contributed by atoms with Crippen LogP contribution in [0, 0.1) is 5.92 Å². The lowest BCUT2D eigenvalue weighted by atomic mass is 10.1. The molecule has 1 atom stereocenters. The topological polar surface area (TPSA) is 58.4 Å². The third-order valence-corrected chi connectivity index (χ3v) is 3.73. The van der Waals surface area contributed by atoms with Crippen LogP contribution < -0.4 is 0 Å². The molecule has 1 saturated heterocycles. The Hall–Kier alpha value is -2.14. The van der Waals surface area contributed by atoms with E-state index in [0.29, 0.717) is 6.54 Å². The van der Waals surface area contributed by atoms with Crippen LogP contribution in [0.2, 0.25) is 0 Å². The molecule has 1 aromatic heterocycles. The predicted molar refractivity (Wildman–Crippen MR) is 74.6 cm³/mol. The molecule has 2 heterocycles. The fourth-order valence-corrected chi connectivity index (χ4v) is 2.61. The van der Waals surface area contributed by atoms with Crippen molar-refractivity contribution in [1.29, 1.82) is 0 Å². The summed E-state index contributed by atoms with van der Waals surface area (Å²) in [7, 11) is 0. The highest BCUT2D eigenvalue weighted by Gasteiger charge is 2.27. The lowest BCUT2D eigenvalue weighted by molar-refractivity contribution is -0.141. The van der Waals surface area contributed by atoms with Crippen molar-refractivity contribution in [3.63, 3.8) is 0 Å². The number of hydrogen-bond acceptors (Lipinski definition) is 3. The molecule has 1 fully saturated rings. The van der Waals surface area contributed by atoms with Crippen molar-refractivity contribution in [2.75, 3.05) is 13.1 Å². The van der Waals surface area contributed by atoms with E-state index in [0.717, 1.165) is 25.2 Å². The van der Waals surface area contributed by atoms with Crippen molar-refractivity contribution in [2.45, 2.75) is 13.0 Å². The Balaban J connectivity index is 1.63. The van der Waals surface area contributed by atoms with Crippen LogP contribution in [0.15, 0.2) is 42.7 Å². The Morgan fingerprint density at radius 1 is 1.35 bits per heavy atom. The molecule has 1 unspecified atom stereocenters. The number of nitrogens with zero attached hydrogens (tertiary/aromatic N) is 3. The molecule has 1 N–H and O–H groups in total. The molecule has 5 heteroatoms.